The Morgan fingerprint density at radius 2 is 1.85 bits per heavy atom. The molecule has 0 spiro atoms. The van der Waals surface area contributed by atoms with Gasteiger partial charge in [0.2, 0.25) is 0 Å². The number of halogens is 1. The number of nitrogens with zero attached hydrogens (tertiary/aromatic N) is 1. The minimum Gasteiger partial charge on any atom is -0.460 e. The van der Waals surface area contributed by atoms with Crippen LogP contribution in [0.25, 0.3) is 0 Å². The average molecular weight is 211 g/mol. The number of esters is 1. The molecule has 0 rings (SSSR count). The summed E-state index contributed by atoms with van der Waals surface area (Å²) in [6, 6.07) is 0. The fourth-order valence-corrected chi connectivity index (χ4v) is 0.710. The van der Waals surface area contributed by atoms with Crippen molar-refractivity contribution in [2.75, 3.05) is 34.3 Å². The topological polar surface area (TPSA) is 26.3 Å². The van der Waals surface area contributed by atoms with E-state index in [1.54, 1.807) is 0 Å². The van der Waals surface area contributed by atoms with Crippen molar-refractivity contribution in [1.82, 2.24) is 0 Å². The largest absolute Gasteiger partial charge is 0.460 e. The summed E-state index contributed by atoms with van der Waals surface area (Å²) in [4.78, 5) is 10.9. The third-order valence-electron chi connectivity index (χ3n) is 1.48. The van der Waals surface area contributed by atoms with Crippen LogP contribution in [0.4, 0.5) is 0 Å². The van der Waals surface area contributed by atoms with Gasteiger partial charge < -0.3 is 9.22 Å². The van der Waals surface area contributed by atoms with Crippen molar-refractivity contribution in [3.8, 4) is 0 Å². The van der Waals surface area contributed by atoms with E-state index in [9.17, 15) is 4.79 Å². The molecule has 80 valence electrons. The number of likely N-dealkylation sites (N-methyl/N-ethyl adjacent to an activating group) is 1. The molecule has 0 fully saturated rings. The van der Waals surface area contributed by atoms with Crippen LogP contribution in [0.1, 0.15) is 19.8 Å². The molecule has 0 saturated heterocycles. The highest BCUT2D eigenvalue weighted by atomic mass is 35.5. The molecule has 0 aromatic heterocycles. The van der Waals surface area contributed by atoms with E-state index < -0.39 is 0 Å². The van der Waals surface area contributed by atoms with Crippen LogP contribution >= 0.6 is 12.4 Å². The lowest BCUT2D eigenvalue weighted by Crippen LogP contribution is -2.37. The van der Waals surface area contributed by atoms with E-state index in [0.29, 0.717) is 13.0 Å². The lowest BCUT2D eigenvalue weighted by Gasteiger charge is -2.23. The van der Waals surface area contributed by atoms with Crippen molar-refractivity contribution in [3.63, 3.8) is 0 Å². The molecular weight excluding hydrogens is 190 g/mol. The Labute approximate surface area is 87.1 Å². The van der Waals surface area contributed by atoms with E-state index in [1.165, 1.54) is 0 Å². The third-order valence-corrected chi connectivity index (χ3v) is 1.48. The van der Waals surface area contributed by atoms with Crippen LogP contribution in [0.2, 0.25) is 0 Å². The van der Waals surface area contributed by atoms with Gasteiger partial charge in [0.1, 0.15) is 13.2 Å². The Kier molecular flexibility index (Phi) is 8.37. The fourth-order valence-electron chi connectivity index (χ4n) is 0.710. The van der Waals surface area contributed by atoms with Gasteiger partial charge in [0, 0.05) is 6.42 Å². The maximum Gasteiger partial charge on any atom is 0.305 e. The molecule has 0 amide bonds. The van der Waals surface area contributed by atoms with Crippen LogP contribution in [0.15, 0.2) is 0 Å². The summed E-state index contributed by atoms with van der Waals surface area (Å²) in [5.74, 6) is -0.0778. The first-order valence-corrected chi connectivity index (χ1v) is 4.42. The van der Waals surface area contributed by atoms with Crippen LogP contribution in [0, 0.1) is 0 Å². The quantitative estimate of drug-likeness (QED) is 0.507. The van der Waals surface area contributed by atoms with E-state index in [2.05, 4.69) is 21.1 Å². The number of hydrogen-bond donors (Lipinski definition) is 0. The van der Waals surface area contributed by atoms with Gasteiger partial charge in [0.05, 0.1) is 21.1 Å². The molecule has 0 aliphatic rings. The van der Waals surface area contributed by atoms with E-state index in [1.807, 2.05) is 6.92 Å². The second kappa shape index (κ2) is 7.15. The molecule has 0 N–H and O–H groups in total. The van der Waals surface area contributed by atoms with Gasteiger partial charge in [-0.05, 0) is 6.42 Å². The van der Waals surface area contributed by atoms with E-state index in [0.717, 1.165) is 17.4 Å². The van der Waals surface area contributed by atoms with Gasteiger partial charge >= 0.3 is 5.97 Å². The highest BCUT2D eigenvalue weighted by molar-refractivity contribution is 5.85. The predicted molar refractivity (Wildman–Crippen MR) is 56.0 cm³/mol. The highest BCUT2D eigenvalue weighted by Crippen LogP contribution is 1.93. The molecule has 0 aromatic carbocycles. The van der Waals surface area contributed by atoms with Gasteiger partial charge in [-0.1, -0.05) is 6.92 Å². The van der Waals surface area contributed by atoms with Gasteiger partial charge in [-0.25, -0.2) is 0 Å². The number of rotatable bonds is 5. The van der Waals surface area contributed by atoms with Gasteiger partial charge in [0.15, 0.2) is 0 Å². The van der Waals surface area contributed by atoms with Crippen molar-refractivity contribution < 1.29 is 14.0 Å². The molecular formula is C9H21ClNO2+. The summed E-state index contributed by atoms with van der Waals surface area (Å²) in [7, 11) is 6.23. The Balaban J connectivity index is 0. The fraction of sp³-hybridized carbons (Fsp3) is 0.889. The lowest BCUT2D eigenvalue weighted by atomic mass is 10.3. The van der Waals surface area contributed by atoms with E-state index in [-0.39, 0.29) is 18.4 Å². The van der Waals surface area contributed by atoms with Crippen LogP contribution in [-0.2, 0) is 9.53 Å². The first kappa shape index (κ1) is 15.2. The molecule has 0 aromatic rings. The van der Waals surface area contributed by atoms with Crippen molar-refractivity contribution in [2.24, 2.45) is 0 Å². The molecule has 0 atom stereocenters. The zero-order chi connectivity index (χ0) is 9.61. The summed E-state index contributed by atoms with van der Waals surface area (Å²) >= 11 is 0. The number of carbonyl (C=O) groups excluding carboxylic acids is 1. The normalized spacial score (nSPS) is 10.5. The molecule has 3 nitrogen and oxygen atoms in total. The van der Waals surface area contributed by atoms with E-state index >= 15 is 0 Å². The summed E-state index contributed by atoms with van der Waals surface area (Å²) in [6.45, 7) is 3.37. The molecule has 0 radical (unpaired) electrons. The van der Waals surface area contributed by atoms with Crippen LogP contribution in [0.3, 0.4) is 0 Å². The standard InChI is InChI=1S/C9H20NO2.ClH/c1-5-6-9(11)12-8-7-10(2,3)4;/h5-8H2,1-4H3;1H/q+1;. The average Bonchev–Trinajstić information content (AvgIpc) is 1.84. The zero-order valence-corrected chi connectivity index (χ0v) is 9.82. The van der Waals surface area contributed by atoms with E-state index in [4.69, 9.17) is 4.74 Å². The van der Waals surface area contributed by atoms with Gasteiger partial charge in [0.25, 0.3) is 0 Å². The molecule has 0 saturated carbocycles. The van der Waals surface area contributed by atoms with Gasteiger partial charge in [-0.15, -0.1) is 12.4 Å². The molecule has 0 aliphatic heterocycles. The molecule has 0 unspecified atom stereocenters. The van der Waals surface area contributed by atoms with Crippen LogP contribution < -0.4 is 0 Å². The SMILES string of the molecule is CCCC(=O)OCC[N+](C)(C)C.Cl. The number of carbonyl (C=O) groups is 1. The number of hydrogen-bond acceptors (Lipinski definition) is 2. The molecule has 13 heavy (non-hydrogen) atoms. The van der Waals surface area contributed by atoms with Crippen molar-refractivity contribution in [3.05, 3.63) is 0 Å². The summed E-state index contributed by atoms with van der Waals surface area (Å²) < 4.78 is 5.84. The first-order valence-electron chi connectivity index (χ1n) is 4.42. The second-order valence-electron chi connectivity index (χ2n) is 3.98. The summed E-state index contributed by atoms with van der Waals surface area (Å²) in [5, 5.41) is 0. The van der Waals surface area contributed by atoms with Crippen molar-refractivity contribution in [2.45, 2.75) is 19.8 Å². The molecule has 4 heteroatoms. The number of ether oxygens (including phenoxy) is 1. The van der Waals surface area contributed by atoms with Gasteiger partial charge in [-0.2, -0.15) is 0 Å². The Hall–Kier alpha value is -0.280. The minimum absolute atomic E-state index is 0. The molecule has 0 aliphatic carbocycles. The zero-order valence-electron chi connectivity index (χ0n) is 9.00. The lowest BCUT2D eigenvalue weighted by molar-refractivity contribution is -0.870. The van der Waals surface area contributed by atoms with Crippen LogP contribution in [0.5, 0.6) is 0 Å². The number of quaternary nitrogens is 1. The first-order chi connectivity index (χ1) is 5.45. The third kappa shape index (κ3) is 11.7. The maximum atomic E-state index is 10.9. The maximum absolute atomic E-state index is 10.9. The van der Waals surface area contributed by atoms with Gasteiger partial charge in [-0.3, -0.25) is 4.79 Å². The minimum atomic E-state index is -0.0778. The summed E-state index contributed by atoms with van der Waals surface area (Å²) in [5.41, 5.74) is 0. The Morgan fingerprint density at radius 3 is 2.23 bits per heavy atom. The van der Waals surface area contributed by atoms with Crippen LogP contribution in [-0.4, -0.2) is 44.7 Å². The smallest absolute Gasteiger partial charge is 0.305 e. The van der Waals surface area contributed by atoms with Crippen molar-refractivity contribution in [1.29, 1.82) is 0 Å². The molecule has 0 bridgehead atoms. The highest BCUT2D eigenvalue weighted by Gasteiger charge is 2.08. The Bertz CT molecular complexity index is 143. The monoisotopic (exact) mass is 210 g/mol. The Morgan fingerprint density at radius 1 is 1.31 bits per heavy atom. The van der Waals surface area contributed by atoms with Crippen molar-refractivity contribution >= 4 is 18.4 Å². The second-order valence-corrected chi connectivity index (χ2v) is 3.98. The molecule has 0 heterocycles. The summed E-state index contributed by atoms with van der Waals surface area (Å²) in [6.07, 6.45) is 1.40. The predicted octanol–water partition coefficient (Wildman–Crippen LogP) is 1.46.